The van der Waals surface area contributed by atoms with Gasteiger partial charge in [0.2, 0.25) is 21.9 Å². The molecule has 0 saturated heterocycles. The summed E-state index contributed by atoms with van der Waals surface area (Å²) < 4.78 is 33.1. The Balaban J connectivity index is 1.30. The van der Waals surface area contributed by atoms with Gasteiger partial charge in [-0.05, 0) is 67.3 Å². The molecule has 1 aliphatic heterocycles. The van der Waals surface area contributed by atoms with Gasteiger partial charge in [-0.2, -0.15) is 4.98 Å². The Kier molecular flexibility index (Phi) is 8.41. The first-order valence-corrected chi connectivity index (χ1v) is 15.1. The van der Waals surface area contributed by atoms with Crippen LogP contribution >= 0.6 is 0 Å². The van der Waals surface area contributed by atoms with E-state index in [0.29, 0.717) is 37.0 Å². The quantitative estimate of drug-likeness (QED) is 0.258. The van der Waals surface area contributed by atoms with Gasteiger partial charge in [-0.1, -0.05) is 42.5 Å². The van der Waals surface area contributed by atoms with Crippen molar-refractivity contribution < 1.29 is 17.9 Å². The summed E-state index contributed by atoms with van der Waals surface area (Å²) in [7, 11) is -2.00. The van der Waals surface area contributed by atoms with E-state index < -0.39 is 15.4 Å². The van der Waals surface area contributed by atoms with Crippen LogP contribution in [0.2, 0.25) is 0 Å². The molecule has 0 unspecified atom stereocenters. The highest BCUT2D eigenvalue weighted by Crippen LogP contribution is 2.29. The molecule has 1 aromatic heterocycles. The van der Waals surface area contributed by atoms with Crippen LogP contribution in [0.5, 0.6) is 5.75 Å². The fraction of sp³-hybridized carbons (Fsp3) is 0.258. The van der Waals surface area contributed by atoms with Gasteiger partial charge in [-0.15, -0.1) is 0 Å². The number of rotatable bonds is 6. The number of hydrogen-bond acceptors (Lipinski definition) is 8. The molecule has 0 spiro atoms. The van der Waals surface area contributed by atoms with E-state index in [1.54, 1.807) is 37.6 Å². The van der Waals surface area contributed by atoms with Crippen LogP contribution in [0, 0.1) is 0 Å². The van der Waals surface area contributed by atoms with Crippen molar-refractivity contribution in [2.24, 2.45) is 0 Å². The van der Waals surface area contributed by atoms with Crippen LogP contribution in [0.4, 0.5) is 17.5 Å². The second kappa shape index (κ2) is 12.2. The second-order valence-electron chi connectivity index (χ2n) is 10.5. The van der Waals surface area contributed by atoms with Crippen LogP contribution in [0.1, 0.15) is 31.4 Å². The Morgan fingerprint density at radius 1 is 1.02 bits per heavy atom. The second-order valence-corrected chi connectivity index (χ2v) is 12.3. The zero-order chi connectivity index (χ0) is 29.7. The van der Waals surface area contributed by atoms with Gasteiger partial charge >= 0.3 is 0 Å². The SMILES string of the molecule is COc1ccc(C(C)(C)C(=O)NCc2ccc(-c3cnc4nc3NCCCNS(=O)(=O)c3cccc(c3)N4)cc2)cc1. The van der Waals surface area contributed by atoms with Crippen LogP contribution in [-0.4, -0.2) is 44.5 Å². The number of benzene rings is 3. The molecule has 3 aromatic carbocycles. The number of carbonyl (C=O) groups is 1. The van der Waals surface area contributed by atoms with Gasteiger partial charge in [0.05, 0.1) is 17.4 Å². The van der Waals surface area contributed by atoms with E-state index in [1.165, 1.54) is 0 Å². The molecule has 10 nitrogen and oxygen atoms in total. The van der Waals surface area contributed by atoms with Gasteiger partial charge in [0.15, 0.2) is 0 Å². The number of amides is 1. The van der Waals surface area contributed by atoms with Crippen molar-refractivity contribution in [1.29, 1.82) is 0 Å². The van der Waals surface area contributed by atoms with Crippen molar-refractivity contribution in [3.8, 4) is 16.9 Å². The predicted octanol–water partition coefficient (Wildman–Crippen LogP) is 4.58. The van der Waals surface area contributed by atoms with E-state index in [-0.39, 0.29) is 17.3 Å². The number of methoxy groups -OCH3 is 1. The number of sulfonamides is 1. The number of nitrogens with one attached hydrogen (secondary N) is 4. The van der Waals surface area contributed by atoms with Gasteiger partial charge in [-0.3, -0.25) is 4.79 Å². The molecule has 1 aliphatic rings. The molecule has 11 heteroatoms. The average Bonchev–Trinajstić information content (AvgIpc) is 3.00. The molecule has 218 valence electrons. The first-order valence-electron chi connectivity index (χ1n) is 13.7. The summed E-state index contributed by atoms with van der Waals surface area (Å²) in [5.41, 5.74) is 3.43. The lowest BCUT2D eigenvalue weighted by Crippen LogP contribution is -2.39. The molecule has 0 radical (unpaired) electrons. The molecular weight excluding hydrogens is 552 g/mol. The Hall–Kier alpha value is -4.48. The fourth-order valence-electron chi connectivity index (χ4n) is 4.59. The lowest BCUT2D eigenvalue weighted by Gasteiger charge is -2.24. The average molecular weight is 587 g/mol. The molecule has 42 heavy (non-hydrogen) atoms. The summed E-state index contributed by atoms with van der Waals surface area (Å²) in [6.07, 6.45) is 2.31. The minimum Gasteiger partial charge on any atom is -0.497 e. The van der Waals surface area contributed by atoms with Crippen molar-refractivity contribution in [2.45, 2.75) is 37.1 Å². The Bertz CT molecular complexity index is 1670. The van der Waals surface area contributed by atoms with Crippen LogP contribution in [-0.2, 0) is 26.8 Å². The van der Waals surface area contributed by atoms with E-state index in [4.69, 9.17) is 4.74 Å². The summed E-state index contributed by atoms with van der Waals surface area (Å²) in [6, 6.07) is 21.9. The van der Waals surface area contributed by atoms with Crippen molar-refractivity contribution in [1.82, 2.24) is 20.0 Å². The van der Waals surface area contributed by atoms with Crippen molar-refractivity contribution in [3.63, 3.8) is 0 Å². The van der Waals surface area contributed by atoms with Gasteiger partial charge in [0.25, 0.3) is 0 Å². The molecule has 0 saturated carbocycles. The van der Waals surface area contributed by atoms with E-state index in [0.717, 1.165) is 28.0 Å². The first-order chi connectivity index (χ1) is 20.2. The minimum absolute atomic E-state index is 0.0727. The highest BCUT2D eigenvalue weighted by molar-refractivity contribution is 7.89. The summed E-state index contributed by atoms with van der Waals surface area (Å²) in [6.45, 7) is 4.98. The lowest BCUT2D eigenvalue weighted by molar-refractivity contribution is -0.125. The van der Waals surface area contributed by atoms with Crippen molar-refractivity contribution in [2.75, 3.05) is 30.8 Å². The highest BCUT2D eigenvalue weighted by Gasteiger charge is 2.29. The molecule has 5 rings (SSSR count). The largest absolute Gasteiger partial charge is 0.497 e. The maximum absolute atomic E-state index is 13.1. The molecule has 4 N–H and O–H groups in total. The molecule has 0 fully saturated rings. The first kappa shape index (κ1) is 29.0. The molecule has 0 atom stereocenters. The minimum atomic E-state index is -3.62. The Labute approximate surface area is 246 Å². The van der Waals surface area contributed by atoms with E-state index in [1.807, 2.05) is 62.4 Å². The van der Waals surface area contributed by atoms with Crippen LogP contribution in [0.15, 0.2) is 83.9 Å². The summed E-state index contributed by atoms with van der Waals surface area (Å²) in [5, 5.41) is 9.48. The normalized spacial score (nSPS) is 14.6. The maximum atomic E-state index is 13.1. The molecule has 2 heterocycles. The van der Waals surface area contributed by atoms with Crippen LogP contribution < -0.4 is 25.4 Å². The van der Waals surface area contributed by atoms with Crippen molar-refractivity contribution in [3.05, 3.63) is 90.1 Å². The summed E-state index contributed by atoms with van der Waals surface area (Å²) >= 11 is 0. The lowest BCUT2D eigenvalue weighted by atomic mass is 9.83. The Morgan fingerprint density at radius 3 is 2.52 bits per heavy atom. The number of anilines is 3. The predicted molar refractivity (Wildman–Crippen MR) is 163 cm³/mol. The number of fused-ring (bicyclic) bond motifs is 4. The molecule has 4 bridgehead atoms. The third-order valence-electron chi connectivity index (χ3n) is 7.22. The smallest absolute Gasteiger partial charge is 0.240 e. The van der Waals surface area contributed by atoms with E-state index in [9.17, 15) is 13.2 Å². The van der Waals surface area contributed by atoms with Crippen LogP contribution in [0.25, 0.3) is 11.1 Å². The number of aromatic nitrogens is 2. The highest BCUT2D eigenvalue weighted by atomic mass is 32.2. The standard InChI is InChI=1S/C31H34N6O4S/c1-31(2,23-12-14-25(41-3)15-13-23)29(38)33-19-21-8-10-22(11-9-21)27-20-34-30-36-24-6-4-7-26(18-24)42(39,40)35-17-5-16-32-28(27)37-30/h4,6-15,18,20,35H,5,16-17,19H2,1-3H3,(H,33,38)(H2,32,34,36,37). The maximum Gasteiger partial charge on any atom is 0.240 e. The zero-order valence-corrected chi connectivity index (χ0v) is 24.6. The van der Waals surface area contributed by atoms with E-state index >= 15 is 0 Å². The number of hydrogen-bond donors (Lipinski definition) is 4. The van der Waals surface area contributed by atoms with Crippen molar-refractivity contribution >= 4 is 33.4 Å². The molecule has 1 amide bonds. The molecular formula is C31H34N6O4S. The number of nitrogens with zero attached hydrogens (tertiary/aromatic N) is 2. The summed E-state index contributed by atoms with van der Waals surface area (Å²) in [5.74, 6) is 1.66. The number of carbonyl (C=O) groups excluding carboxylic acids is 1. The third kappa shape index (κ3) is 6.53. The van der Waals surface area contributed by atoms with Gasteiger partial charge in [0, 0.05) is 37.1 Å². The van der Waals surface area contributed by atoms with E-state index in [2.05, 4.69) is 30.6 Å². The molecule has 4 aromatic rings. The topological polar surface area (TPSA) is 134 Å². The summed E-state index contributed by atoms with van der Waals surface area (Å²) in [4.78, 5) is 22.4. The van der Waals surface area contributed by atoms with Crippen LogP contribution in [0.3, 0.4) is 0 Å². The number of ether oxygens (including phenoxy) is 1. The van der Waals surface area contributed by atoms with Gasteiger partial charge < -0.3 is 20.7 Å². The monoisotopic (exact) mass is 586 g/mol. The Morgan fingerprint density at radius 2 is 1.79 bits per heavy atom. The van der Waals surface area contributed by atoms with Gasteiger partial charge in [0.1, 0.15) is 11.6 Å². The zero-order valence-electron chi connectivity index (χ0n) is 23.8. The third-order valence-corrected chi connectivity index (χ3v) is 8.68. The fourth-order valence-corrected chi connectivity index (χ4v) is 5.71. The van der Waals surface area contributed by atoms with Gasteiger partial charge in [-0.25, -0.2) is 18.1 Å². The molecule has 0 aliphatic carbocycles.